The van der Waals surface area contributed by atoms with E-state index in [4.69, 9.17) is 5.73 Å². The zero-order chi connectivity index (χ0) is 16.9. The maximum atomic E-state index is 5.98. The number of aliphatic imine (C=N–C) groups is 1. The molecule has 1 aromatic carbocycles. The molecule has 3 N–H and O–H groups in total. The van der Waals surface area contributed by atoms with Gasteiger partial charge in [-0.1, -0.05) is 12.1 Å². The minimum atomic E-state index is 0.418. The molecule has 0 bridgehead atoms. The van der Waals surface area contributed by atoms with Crippen LogP contribution in [0.2, 0.25) is 0 Å². The Hall–Kier alpha value is -2.56. The van der Waals surface area contributed by atoms with Crippen LogP contribution >= 0.6 is 0 Å². The summed E-state index contributed by atoms with van der Waals surface area (Å²) in [5.74, 6) is 1.48. The number of rotatable bonds is 4. The van der Waals surface area contributed by atoms with Gasteiger partial charge in [-0.15, -0.1) is 0 Å². The van der Waals surface area contributed by atoms with E-state index >= 15 is 0 Å². The summed E-state index contributed by atoms with van der Waals surface area (Å²) < 4.78 is 0. The van der Waals surface area contributed by atoms with Crippen molar-refractivity contribution in [2.45, 2.75) is 33.2 Å². The molecule has 126 valence electrons. The van der Waals surface area contributed by atoms with Crippen LogP contribution in [-0.2, 0) is 6.54 Å². The van der Waals surface area contributed by atoms with E-state index in [0.717, 1.165) is 30.2 Å². The lowest BCUT2D eigenvalue weighted by Crippen LogP contribution is -2.22. The standard InChI is InChI=1S/C19H25N5/c1-14-5-7-17(11-15(14)2)23-19(20)22-13-16-6-8-18(21-12-16)24-9-3-4-10-24/h5-8,11-12H,3-4,9-10,13H2,1-2H3,(H3,20,22,23). The molecule has 0 aliphatic carbocycles. The molecule has 0 saturated carbocycles. The predicted octanol–water partition coefficient (Wildman–Crippen LogP) is 3.23. The molecule has 5 heteroatoms. The number of benzene rings is 1. The van der Waals surface area contributed by atoms with E-state index in [1.165, 1.54) is 24.0 Å². The molecule has 3 rings (SSSR count). The average Bonchev–Trinajstić information content (AvgIpc) is 3.11. The zero-order valence-electron chi connectivity index (χ0n) is 14.4. The van der Waals surface area contributed by atoms with Crippen molar-refractivity contribution in [3.8, 4) is 0 Å². The third kappa shape index (κ3) is 4.04. The van der Waals surface area contributed by atoms with Crippen molar-refractivity contribution in [1.82, 2.24) is 4.98 Å². The molecule has 1 aliphatic heterocycles. The number of pyridine rings is 1. The topological polar surface area (TPSA) is 66.5 Å². The van der Waals surface area contributed by atoms with E-state index in [0.29, 0.717) is 12.5 Å². The molecule has 1 aromatic heterocycles. The van der Waals surface area contributed by atoms with Crippen molar-refractivity contribution < 1.29 is 0 Å². The summed E-state index contributed by atoms with van der Waals surface area (Å²) >= 11 is 0. The Balaban J connectivity index is 1.58. The Morgan fingerprint density at radius 2 is 1.96 bits per heavy atom. The van der Waals surface area contributed by atoms with E-state index < -0.39 is 0 Å². The Morgan fingerprint density at radius 1 is 1.17 bits per heavy atom. The smallest absolute Gasteiger partial charge is 0.193 e. The summed E-state index contributed by atoms with van der Waals surface area (Å²) in [4.78, 5) is 11.3. The van der Waals surface area contributed by atoms with Gasteiger partial charge in [0.05, 0.1) is 6.54 Å². The highest BCUT2D eigenvalue weighted by Gasteiger charge is 2.12. The van der Waals surface area contributed by atoms with Crippen molar-refractivity contribution in [1.29, 1.82) is 0 Å². The molecule has 1 aliphatic rings. The minimum Gasteiger partial charge on any atom is -0.370 e. The second kappa shape index (κ2) is 7.34. The molecule has 0 amide bonds. The van der Waals surface area contributed by atoms with Gasteiger partial charge >= 0.3 is 0 Å². The largest absolute Gasteiger partial charge is 0.370 e. The summed E-state index contributed by atoms with van der Waals surface area (Å²) in [5, 5.41) is 3.14. The lowest BCUT2D eigenvalue weighted by atomic mass is 10.1. The van der Waals surface area contributed by atoms with Crippen LogP contribution in [0.5, 0.6) is 0 Å². The van der Waals surface area contributed by atoms with Crippen LogP contribution < -0.4 is 16.0 Å². The summed E-state index contributed by atoms with van der Waals surface area (Å²) in [7, 11) is 0. The summed E-state index contributed by atoms with van der Waals surface area (Å²) in [6.07, 6.45) is 4.41. The van der Waals surface area contributed by atoms with Crippen LogP contribution in [0.3, 0.4) is 0 Å². The first-order valence-corrected chi connectivity index (χ1v) is 8.46. The lowest BCUT2D eigenvalue weighted by Gasteiger charge is -2.16. The fourth-order valence-electron chi connectivity index (χ4n) is 2.83. The van der Waals surface area contributed by atoms with Gasteiger partial charge < -0.3 is 16.0 Å². The summed E-state index contributed by atoms with van der Waals surface area (Å²) in [5.41, 5.74) is 10.5. The monoisotopic (exact) mass is 323 g/mol. The highest BCUT2D eigenvalue weighted by molar-refractivity contribution is 5.92. The Bertz CT molecular complexity index is 715. The third-order valence-electron chi connectivity index (χ3n) is 4.45. The van der Waals surface area contributed by atoms with Crippen LogP contribution in [-0.4, -0.2) is 24.0 Å². The van der Waals surface area contributed by atoms with Crippen molar-refractivity contribution in [2.24, 2.45) is 10.7 Å². The fourth-order valence-corrected chi connectivity index (χ4v) is 2.83. The van der Waals surface area contributed by atoms with Gasteiger partial charge in [0.2, 0.25) is 0 Å². The van der Waals surface area contributed by atoms with E-state index in [1.54, 1.807) is 0 Å². The van der Waals surface area contributed by atoms with Crippen LogP contribution in [0.1, 0.15) is 29.5 Å². The molecule has 0 radical (unpaired) electrons. The molecule has 0 unspecified atom stereocenters. The molecule has 0 spiro atoms. The lowest BCUT2D eigenvalue weighted by molar-refractivity contribution is 0.929. The van der Waals surface area contributed by atoms with Gasteiger partial charge in [-0.05, 0) is 61.6 Å². The van der Waals surface area contributed by atoms with Crippen LogP contribution in [0.15, 0.2) is 41.5 Å². The Morgan fingerprint density at radius 3 is 2.62 bits per heavy atom. The maximum absolute atomic E-state index is 5.98. The average molecular weight is 323 g/mol. The summed E-state index contributed by atoms with van der Waals surface area (Å²) in [6, 6.07) is 10.3. The van der Waals surface area contributed by atoms with Gasteiger partial charge in [0, 0.05) is 25.0 Å². The number of anilines is 2. The van der Waals surface area contributed by atoms with Crippen molar-refractivity contribution in [3.63, 3.8) is 0 Å². The van der Waals surface area contributed by atoms with E-state index in [1.807, 2.05) is 12.3 Å². The normalized spacial score (nSPS) is 14.9. The molecule has 2 aromatic rings. The molecule has 2 heterocycles. The number of nitrogens with zero attached hydrogens (tertiary/aromatic N) is 3. The molecule has 1 saturated heterocycles. The number of nitrogens with two attached hydrogens (primary N) is 1. The number of hydrogen-bond donors (Lipinski definition) is 2. The molecule has 0 atom stereocenters. The second-order valence-electron chi connectivity index (χ2n) is 6.34. The number of hydrogen-bond acceptors (Lipinski definition) is 3. The number of aryl methyl sites for hydroxylation is 2. The van der Waals surface area contributed by atoms with Crippen molar-refractivity contribution in [2.75, 3.05) is 23.3 Å². The van der Waals surface area contributed by atoms with Gasteiger partial charge in [-0.3, -0.25) is 0 Å². The SMILES string of the molecule is Cc1ccc(NC(N)=NCc2ccc(N3CCCC3)nc2)cc1C. The van der Waals surface area contributed by atoms with Crippen LogP contribution in [0, 0.1) is 13.8 Å². The highest BCUT2D eigenvalue weighted by atomic mass is 15.2. The molecule has 5 nitrogen and oxygen atoms in total. The Kier molecular flexibility index (Phi) is 4.99. The zero-order valence-corrected chi connectivity index (χ0v) is 14.4. The highest BCUT2D eigenvalue weighted by Crippen LogP contribution is 2.18. The number of guanidine groups is 1. The first kappa shape index (κ1) is 16.3. The Labute approximate surface area is 143 Å². The number of nitrogens with one attached hydrogen (secondary N) is 1. The van der Waals surface area contributed by atoms with Crippen LogP contribution in [0.25, 0.3) is 0 Å². The first-order chi connectivity index (χ1) is 11.6. The molecule has 24 heavy (non-hydrogen) atoms. The van der Waals surface area contributed by atoms with E-state index in [-0.39, 0.29) is 0 Å². The predicted molar refractivity (Wildman–Crippen MR) is 101 cm³/mol. The summed E-state index contributed by atoms with van der Waals surface area (Å²) in [6.45, 7) is 6.92. The van der Waals surface area contributed by atoms with Gasteiger partial charge in [-0.2, -0.15) is 0 Å². The molecular formula is C19H25N5. The van der Waals surface area contributed by atoms with Crippen molar-refractivity contribution in [3.05, 3.63) is 53.2 Å². The molecule has 1 fully saturated rings. The van der Waals surface area contributed by atoms with Gasteiger partial charge in [0.15, 0.2) is 5.96 Å². The molecular weight excluding hydrogens is 298 g/mol. The minimum absolute atomic E-state index is 0.418. The van der Waals surface area contributed by atoms with Gasteiger partial charge in [0.25, 0.3) is 0 Å². The maximum Gasteiger partial charge on any atom is 0.193 e. The first-order valence-electron chi connectivity index (χ1n) is 8.46. The van der Waals surface area contributed by atoms with Crippen LogP contribution in [0.4, 0.5) is 11.5 Å². The number of aromatic nitrogens is 1. The van der Waals surface area contributed by atoms with Gasteiger partial charge in [0.1, 0.15) is 5.82 Å². The third-order valence-corrected chi connectivity index (χ3v) is 4.45. The van der Waals surface area contributed by atoms with E-state index in [2.05, 4.69) is 58.3 Å². The second-order valence-corrected chi connectivity index (χ2v) is 6.34. The fraction of sp³-hybridized carbons (Fsp3) is 0.368. The van der Waals surface area contributed by atoms with Gasteiger partial charge in [-0.25, -0.2) is 9.98 Å². The quantitative estimate of drug-likeness (QED) is 0.670. The van der Waals surface area contributed by atoms with E-state index in [9.17, 15) is 0 Å². The van der Waals surface area contributed by atoms with Crippen molar-refractivity contribution >= 4 is 17.5 Å².